The van der Waals surface area contributed by atoms with Gasteiger partial charge >= 0.3 is 0 Å². The Labute approximate surface area is 136 Å². The summed E-state index contributed by atoms with van der Waals surface area (Å²) in [6.45, 7) is 4.64. The van der Waals surface area contributed by atoms with Gasteiger partial charge in [0.15, 0.2) is 0 Å². The summed E-state index contributed by atoms with van der Waals surface area (Å²) in [6, 6.07) is 10.6. The van der Waals surface area contributed by atoms with Crippen molar-refractivity contribution >= 4 is 17.5 Å². The van der Waals surface area contributed by atoms with Crippen molar-refractivity contribution in [2.75, 3.05) is 29.9 Å². The Morgan fingerprint density at radius 1 is 1.30 bits per heavy atom. The van der Waals surface area contributed by atoms with Gasteiger partial charge in [-0.3, -0.25) is 0 Å². The third kappa shape index (κ3) is 3.01. The minimum Gasteiger partial charge on any atom is -0.376 e. The van der Waals surface area contributed by atoms with E-state index in [1.165, 1.54) is 11.3 Å². The van der Waals surface area contributed by atoms with Gasteiger partial charge in [0.05, 0.1) is 6.10 Å². The van der Waals surface area contributed by atoms with Crippen LogP contribution in [0.2, 0.25) is 0 Å². The van der Waals surface area contributed by atoms with Crippen molar-refractivity contribution in [3.63, 3.8) is 0 Å². The standard InChI is InChI=1S/C18H22N4O/c1-13-11-17(22-9-8-14-5-2-3-7-16(14)22)21-18(20-13)19-12-15-6-4-10-23-15/h2-3,5,7,11,15H,4,6,8-10,12H2,1H3,(H,19,20,21). The van der Waals surface area contributed by atoms with E-state index in [-0.39, 0.29) is 6.10 Å². The van der Waals surface area contributed by atoms with Crippen LogP contribution in [0.3, 0.4) is 0 Å². The van der Waals surface area contributed by atoms with Gasteiger partial charge in [-0.1, -0.05) is 18.2 Å². The highest BCUT2D eigenvalue weighted by Crippen LogP contribution is 2.33. The van der Waals surface area contributed by atoms with Crippen molar-refractivity contribution in [2.45, 2.75) is 32.3 Å². The van der Waals surface area contributed by atoms with E-state index in [1.54, 1.807) is 0 Å². The zero-order valence-electron chi connectivity index (χ0n) is 13.5. The van der Waals surface area contributed by atoms with Crippen molar-refractivity contribution < 1.29 is 4.74 Å². The van der Waals surface area contributed by atoms with Gasteiger partial charge in [-0.05, 0) is 37.8 Å². The van der Waals surface area contributed by atoms with E-state index < -0.39 is 0 Å². The molecular formula is C18H22N4O. The van der Waals surface area contributed by atoms with Crippen molar-refractivity contribution in [3.8, 4) is 0 Å². The van der Waals surface area contributed by atoms with E-state index in [0.29, 0.717) is 5.95 Å². The first kappa shape index (κ1) is 14.5. The Morgan fingerprint density at radius 3 is 3.09 bits per heavy atom. The Morgan fingerprint density at radius 2 is 2.22 bits per heavy atom. The highest BCUT2D eigenvalue weighted by molar-refractivity contribution is 5.68. The maximum Gasteiger partial charge on any atom is 0.224 e. The number of ether oxygens (including phenoxy) is 1. The highest BCUT2D eigenvalue weighted by atomic mass is 16.5. The summed E-state index contributed by atoms with van der Waals surface area (Å²) in [5.74, 6) is 1.66. The van der Waals surface area contributed by atoms with E-state index in [1.807, 2.05) is 6.92 Å². The third-order valence-corrected chi connectivity index (χ3v) is 4.52. The molecule has 23 heavy (non-hydrogen) atoms. The molecule has 2 aliphatic heterocycles. The van der Waals surface area contributed by atoms with Gasteiger partial charge in [-0.25, -0.2) is 4.98 Å². The van der Waals surface area contributed by atoms with E-state index in [9.17, 15) is 0 Å². The number of benzene rings is 1. The van der Waals surface area contributed by atoms with Crippen molar-refractivity contribution in [1.29, 1.82) is 0 Å². The molecule has 5 heteroatoms. The molecule has 2 aromatic rings. The molecule has 4 rings (SSSR count). The molecule has 0 spiro atoms. The number of rotatable bonds is 4. The highest BCUT2D eigenvalue weighted by Gasteiger charge is 2.22. The molecule has 5 nitrogen and oxygen atoms in total. The van der Waals surface area contributed by atoms with Crippen molar-refractivity contribution in [2.24, 2.45) is 0 Å². The van der Waals surface area contributed by atoms with Crippen molar-refractivity contribution in [3.05, 3.63) is 41.6 Å². The fourth-order valence-corrected chi connectivity index (χ4v) is 3.36. The molecule has 0 bridgehead atoms. The fourth-order valence-electron chi connectivity index (χ4n) is 3.36. The second-order valence-electron chi connectivity index (χ2n) is 6.24. The Kier molecular flexibility index (Phi) is 3.87. The largest absolute Gasteiger partial charge is 0.376 e. The molecule has 120 valence electrons. The van der Waals surface area contributed by atoms with Crippen molar-refractivity contribution in [1.82, 2.24) is 9.97 Å². The van der Waals surface area contributed by atoms with Gasteiger partial charge in [0.25, 0.3) is 0 Å². The topological polar surface area (TPSA) is 50.3 Å². The van der Waals surface area contributed by atoms with Crippen LogP contribution in [0.5, 0.6) is 0 Å². The van der Waals surface area contributed by atoms with Crippen LogP contribution in [-0.2, 0) is 11.2 Å². The number of hydrogen-bond donors (Lipinski definition) is 1. The lowest BCUT2D eigenvalue weighted by molar-refractivity contribution is 0.120. The zero-order chi connectivity index (χ0) is 15.6. The molecule has 0 radical (unpaired) electrons. The summed E-state index contributed by atoms with van der Waals surface area (Å²) in [4.78, 5) is 11.5. The Balaban J connectivity index is 1.55. The second kappa shape index (κ2) is 6.16. The average Bonchev–Trinajstić information content (AvgIpc) is 3.22. The molecule has 1 unspecified atom stereocenters. The first-order chi connectivity index (χ1) is 11.3. The molecule has 3 heterocycles. The summed E-state index contributed by atoms with van der Waals surface area (Å²) < 4.78 is 5.65. The summed E-state index contributed by atoms with van der Waals surface area (Å²) in [6.07, 6.45) is 3.62. The minimum atomic E-state index is 0.287. The predicted molar refractivity (Wildman–Crippen MR) is 91.4 cm³/mol. The van der Waals surface area contributed by atoms with Crippen LogP contribution in [0.25, 0.3) is 0 Å². The first-order valence-electron chi connectivity index (χ1n) is 8.36. The zero-order valence-corrected chi connectivity index (χ0v) is 13.5. The summed E-state index contributed by atoms with van der Waals surface area (Å²) in [7, 11) is 0. The van der Waals surface area contributed by atoms with E-state index in [2.05, 4.69) is 45.5 Å². The first-order valence-corrected chi connectivity index (χ1v) is 8.36. The van der Waals surface area contributed by atoms with Crippen LogP contribution in [-0.4, -0.2) is 35.8 Å². The fraction of sp³-hybridized carbons (Fsp3) is 0.444. The van der Waals surface area contributed by atoms with Crippen LogP contribution in [0, 0.1) is 6.92 Å². The molecular weight excluding hydrogens is 288 g/mol. The normalized spacial score (nSPS) is 19.9. The number of aromatic nitrogens is 2. The molecule has 1 saturated heterocycles. The lowest BCUT2D eigenvalue weighted by Crippen LogP contribution is -2.21. The van der Waals surface area contributed by atoms with E-state index in [4.69, 9.17) is 9.72 Å². The molecule has 0 aliphatic carbocycles. The molecule has 1 N–H and O–H groups in total. The number of hydrogen-bond acceptors (Lipinski definition) is 5. The molecule has 1 aromatic carbocycles. The van der Waals surface area contributed by atoms with Gasteiger partial charge in [0.2, 0.25) is 5.95 Å². The number of anilines is 3. The third-order valence-electron chi connectivity index (χ3n) is 4.52. The molecule has 0 saturated carbocycles. The lowest BCUT2D eigenvalue weighted by atomic mass is 10.2. The maximum absolute atomic E-state index is 5.65. The van der Waals surface area contributed by atoms with Gasteiger partial charge in [0.1, 0.15) is 5.82 Å². The van der Waals surface area contributed by atoms with E-state index in [0.717, 1.165) is 50.5 Å². The SMILES string of the molecule is Cc1cc(N2CCc3ccccc32)nc(NCC2CCCO2)n1. The van der Waals surface area contributed by atoms with Crippen LogP contribution in [0.1, 0.15) is 24.1 Å². The molecule has 0 amide bonds. The number of aryl methyl sites for hydroxylation is 1. The second-order valence-corrected chi connectivity index (χ2v) is 6.24. The minimum absolute atomic E-state index is 0.287. The quantitative estimate of drug-likeness (QED) is 0.940. The Bertz CT molecular complexity index is 697. The van der Waals surface area contributed by atoms with Crippen LogP contribution >= 0.6 is 0 Å². The van der Waals surface area contributed by atoms with Gasteiger partial charge in [0, 0.05) is 37.1 Å². The number of para-hydroxylation sites is 1. The summed E-state index contributed by atoms with van der Waals surface area (Å²) in [5, 5.41) is 3.34. The van der Waals surface area contributed by atoms with Gasteiger partial charge in [-0.2, -0.15) is 4.98 Å². The monoisotopic (exact) mass is 310 g/mol. The lowest BCUT2D eigenvalue weighted by Gasteiger charge is -2.20. The summed E-state index contributed by atoms with van der Waals surface area (Å²) >= 11 is 0. The molecule has 2 aliphatic rings. The van der Waals surface area contributed by atoms with E-state index >= 15 is 0 Å². The smallest absolute Gasteiger partial charge is 0.224 e. The van der Waals surface area contributed by atoms with Crippen LogP contribution in [0.4, 0.5) is 17.5 Å². The average molecular weight is 310 g/mol. The van der Waals surface area contributed by atoms with Gasteiger partial charge < -0.3 is 15.0 Å². The molecule has 1 atom stereocenters. The molecule has 1 fully saturated rings. The number of nitrogens with one attached hydrogen (secondary N) is 1. The Hall–Kier alpha value is -2.14. The molecule has 1 aromatic heterocycles. The maximum atomic E-state index is 5.65. The summed E-state index contributed by atoms with van der Waals surface area (Å²) in [5.41, 5.74) is 3.63. The van der Waals surface area contributed by atoms with Crippen LogP contribution < -0.4 is 10.2 Å². The van der Waals surface area contributed by atoms with Crippen LogP contribution in [0.15, 0.2) is 30.3 Å². The number of fused-ring (bicyclic) bond motifs is 1. The number of nitrogens with zero attached hydrogens (tertiary/aromatic N) is 3. The van der Waals surface area contributed by atoms with Gasteiger partial charge in [-0.15, -0.1) is 0 Å². The predicted octanol–water partition coefficient (Wildman–Crippen LogP) is 3.07.